The average Bonchev–Trinajstić information content (AvgIpc) is 2.47. The smallest absolute Gasteiger partial charge is 0.338 e. The zero-order valence-electron chi connectivity index (χ0n) is 12.7. The molecule has 0 unspecified atom stereocenters. The molecule has 0 saturated heterocycles. The van der Waals surface area contributed by atoms with E-state index >= 15 is 0 Å². The number of amides is 1. The molecular formula is C17H15Cl2NO3. The second-order valence-corrected chi connectivity index (χ2v) is 5.95. The molecule has 2 aromatic carbocycles. The highest BCUT2D eigenvalue weighted by molar-refractivity contribution is 6.35. The summed E-state index contributed by atoms with van der Waals surface area (Å²) >= 11 is 11.6. The minimum atomic E-state index is -0.662. The number of benzene rings is 2. The standard InChI is InChI=1S/C17H15Cl2NO3/c1-10-3-4-15(5-11(10)2)20-16(21)9-23-17(22)12-6-13(18)8-14(19)7-12/h3-8H,9H2,1-2H3,(H,20,21). The molecular weight excluding hydrogens is 337 g/mol. The molecule has 0 fully saturated rings. The molecule has 0 spiro atoms. The van der Waals surface area contributed by atoms with Gasteiger partial charge in [0.1, 0.15) is 0 Å². The molecule has 0 aliphatic heterocycles. The summed E-state index contributed by atoms with van der Waals surface area (Å²) in [5.74, 6) is -1.08. The molecule has 1 amide bonds. The van der Waals surface area contributed by atoms with Gasteiger partial charge in [-0.05, 0) is 55.3 Å². The van der Waals surface area contributed by atoms with Gasteiger partial charge in [0.15, 0.2) is 6.61 Å². The Hall–Kier alpha value is -2.04. The van der Waals surface area contributed by atoms with Crippen LogP contribution in [-0.2, 0) is 9.53 Å². The van der Waals surface area contributed by atoms with Crippen LogP contribution in [0.25, 0.3) is 0 Å². The summed E-state index contributed by atoms with van der Waals surface area (Å²) in [6, 6.07) is 9.91. The monoisotopic (exact) mass is 351 g/mol. The molecule has 0 aliphatic carbocycles. The molecule has 23 heavy (non-hydrogen) atoms. The Bertz CT molecular complexity index is 739. The van der Waals surface area contributed by atoms with Crippen molar-refractivity contribution < 1.29 is 14.3 Å². The van der Waals surface area contributed by atoms with Crippen LogP contribution in [0.5, 0.6) is 0 Å². The Labute approximate surface area is 144 Å². The topological polar surface area (TPSA) is 55.4 Å². The van der Waals surface area contributed by atoms with E-state index in [2.05, 4.69) is 5.32 Å². The second kappa shape index (κ2) is 7.49. The lowest BCUT2D eigenvalue weighted by Crippen LogP contribution is -2.21. The number of aryl methyl sites for hydroxylation is 2. The van der Waals surface area contributed by atoms with Gasteiger partial charge in [-0.1, -0.05) is 29.3 Å². The molecule has 6 heteroatoms. The number of ether oxygens (including phenoxy) is 1. The van der Waals surface area contributed by atoms with Gasteiger partial charge in [-0.15, -0.1) is 0 Å². The molecule has 0 radical (unpaired) electrons. The molecule has 0 aromatic heterocycles. The van der Waals surface area contributed by atoms with Crippen molar-refractivity contribution in [3.63, 3.8) is 0 Å². The Morgan fingerprint density at radius 2 is 1.65 bits per heavy atom. The van der Waals surface area contributed by atoms with Crippen molar-refractivity contribution >= 4 is 40.8 Å². The lowest BCUT2D eigenvalue weighted by molar-refractivity contribution is -0.119. The SMILES string of the molecule is Cc1ccc(NC(=O)COC(=O)c2cc(Cl)cc(Cl)c2)cc1C. The van der Waals surface area contributed by atoms with Crippen molar-refractivity contribution in [2.24, 2.45) is 0 Å². The average molecular weight is 352 g/mol. The first kappa shape index (κ1) is 17.3. The Morgan fingerprint density at radius 3 is 2.26 bits per heavy atom. The number of carbonyl (C=O) groups is 2. The van der Waals surface area contributed by atoms with Gasteiger partial charge < -0.3 is 10.1 Å². The fraction of sp³-hybridized carbons (Fsp3) is 0.176. The zero-order chi connectivity index (χ0) is 17.0. The van der Waals surface area contributed by atoms with Crippen molar-refractivity contribution in [2.45, 2.75) is 13.8 Å². The number of anilines is 1. The maximum atomic E-state index is 11.9. The highest BCUT2D eigenvalue weighted by atomic mass is 35.5. The summed E-state index contributed by atoms with van der Waals surface area (Å²) in [6.07, 6.45) is 0. The molecule has 1 N–H and O–H groups in total. The van der Waals surface area contributed by atoms with E-state index in [1.54, 1.807) is 6.07 Å². The summed E-state index contributed by atoms with van der Waals surface area (Å²) in [6.45, 7) is 3.54. The largest absolute Gasteiger partial charge is 0.452 e. The summed E-state index contributed by atoms with van der Waals surface area (Å²) in [4.78, 5) is 23.7. The van der Waals surface area contributed by atoms with Crippen LogP contribution < -0.4 is 5.32 Å². The van der Waals surface area contributed by atoms with Crippen LogP contribution in [0.15, 0.2) is 36.4 Å². The van der Waals surface area contributed by atoms with E-state index in [0.717, 1.165) is 11.1 Å². The Kier molecular flexibility index (Phi) is 5.64. The highest BCUT2D eigenvalue weighted by Gasteiger charge is 2.12. The predicted octanol–water partition coefficient (Wildman–Crippen LogP) is 4.41. The van der Waals surface area contributed by atoms with Crippen LogP contribution in [0.2, 0.25) is 10.0 Å². The molecule has 120 valence electrons. The van der Waals surface area contributed by atoms with E-state index < -0.39 is 18.5 Å². The molecule has 0 atom stereocenters. The van der Waals surface area contributed by atoms with Gasteiger partial charge in [-0.2, -0.15) is 0 Å². The van der Waals surface area contributed by atoms with Gasteiger partial charge in [-0.3, -0.25) is 4.79 Å². The fourth-order valence-electron chi connectivity index (χ4n) is 1.90. The third-order valence-corrected chi connectivity index (χ3v) is 3.66. The second-order valence-electron chi connectivity index (χ2n) is 5.08. The van der Waals surface area contributed by atoms with Crippen molar-refractivity contribution in [3.8, 4) is 0 Å². The Balaban J connectivity index is 1.93. The first-order chi connectivity index (χ1) is 10.8. The van der Waals surface area contributed by atoms with E-state index in [1.807, 2.05) is 26.0 Å². The van der Waals surface area contributed by atoms with E-state index in [-0.39, 0.29) is 5.56 Å². The fourth-order valence-corrected chi connectivity index (χ4v) is 2.43. The van der Waals surface area contributed by atoms with Gasteiger partial charge in [0.05, 0.1) is 5.56 Å². The third-order valence-electron chi connectivity index (χ3n) is 3.22. The quantitative estimate of drug-likeness (QED) is 0.830. The van der Waals surface area contributed by atoms with Crippen LogP contribution in [0.3, 0.4) is 0 Å². The predicted molar refractivity (Wildman–Crippen MR) is 91.3 cm³/mol. The van der Waals surface area contributed by atoms with Crippen molar-refractivity contribution in [1.82, 2.24) is 0 Å². The molecule has 0 bridgehead atoms. The van der Waals surface area contributed by atoms with E-state index in [1.165, 1.54) is 18.2 Å². The van der Waals surface area contributed by atoms with Gasteiger partial charge >= 0.3 is 5.97 Å². The molecule has 4 nitrogen and oxygen atoms in total. The zero-order valence-corrected chi connectivity index (χ0v) is 14.2. The molecule has 2 rings (SSSR count). The minimum Gasteiger partial charge on any atom is -0.452 e. The van der Waals surface area contributed by atoms with Gasteiger partial charge in [0.25, 0.3) is 5.91 Å². The first-order valence-electron chi connectivity index (χ1n) is 6.85. The van der Waals surface area contributed by atoms with Crippen LogP contribution in [-0.4, -0.2) is 18.5 Å². The van der Waals surface area contributed by atoms with Gasteiger partial charge in [0, 0.05) is 15.7 Å². The van der Waals surface area contributed by atoms with Gasteiger partial charge in [0.2, 0.25) is 0 Å². The highest BCUT2D eigenvalue weighted by Crippen LogP contribution is 2.19. The van der Waals surface area contributed by atoms with Crippen LogP contribution in [0, 0.1) is 13.8 Å². The number of hydrogen-bond acceptors (Lipinski definition) is 3. The molecule has 0 heterocycles. The normalized spacial score (nSPS) is 10.3. The van der Waals surface area contributed by atoms with Crippen LogP contribution >= 0.6 is 23.2 Å². The summed E-state index contributed by atoms with van der Waals surface area (Å²) in [5.41, 5.74) is 3.04. The number of halogens is 2. The number of esters is 1. The third kappa shape index (κ3) is 4.98. The number of nitrogens with one attached hydrogen (secondary N) is 1. The minimum absolute atomic E-state index is 0.196. The maximum absolute atomic E-state index is 11.9. The maximum Gasteiger partial charge on any atom is 0.338 e. The number of rotatable bonds is 4. The summed E-state index contributed by atoms with van der Waals surface area (Å²) in [5, 5.41) is 3.32. The van der Waals surface area contributed by atoms with Crippen molar-refractivity contribution in [2.75, 3.05) is 11.9 Å². The van der Waals surface area contributed by atoms with Crippen molar-refractivity contribution in [1.29, 1.82) is 0 Å². The van der Waals surface area contributed by atoms with Crippen LogP contribution in [0.4, 0.5) is 5.69 Å². The van der Waals surface area contributed by atoms with Crippen LogP contribution in [0.1, 0.15) is 21.5 Å². The summed E-state index contributed by atoms with van der Waals surface area (Å²) < 4.78 is 4.96. The van der Waals surface area contributed by atoms with Gasteiger partial charge in [-0.25, -0.2) is 4.79 Å². The number of carbonyl (C=O) groups excluding carboxylic acids is 2. The van der Waals surface area contributed by atoms with E-state index in [4.69, 9.17) is 27.9 Å². The lowest BCUT2D eigenvalue weighted by atomic mass is 10.1. The van der Waals surface area contributed by atoms with Crippen molar-refractivity contribution in [3.05, 3.63) is 63.1 Å². The van der Waals surface area contributed by atoms with E-state index in [9.17, 15) is 9.59 Å². The molecule has 2 aromatic rings. The number of hydrogen-bond donors (Lipinski definition) is 1. The lowest BCUT2D eigenvalue weighted by Gasteiger charge is -2.08. The Morgan fingerprint density at radius 1 is 1.00 bits per heavy atom. The first-order valence-corrected chi connectivity index (χ1v) is 7.61. The van der Waals surface area contributed by atoms with E-state index in [0.29, 0.717) is 15.7 Å². The molecule has 0 saturated carbocycles. The molecule has 0 aliphatic rings. The summed E-state index contributed by atoms with van der Waals surface area (Å²) in [7, 11) is 0.